The summed E-state index contributed by atoms with van der Waals surface area (Å²) in [6.07, 6.45) is 1.69. The maximum atomic E-state index is 12.8. The fraction of sp³-hybridized carbons (Fsp3) is 0.381. The molecule has 2 aromatic carbocycles. The van der Waals surface area contributed by atoms with Crippen molar-refractivity contribution in [2.45, 2.75) is 17.7 Å². The third kappa shape index (κ3) is 5.74. The molecule has 0 bridgehead atoms. The molecule has 3 rings (SSSR count). The zero-order chi connectivity index (χ0) is 21.6. The molecule has 0 radical (unpaired) electrons. The van der Waals surface area contributed by atoms with Gasteiger partial charge in [-0.1, -0.05) is 34.1 Å². The van der Waals surface area contributed by atoms with E-state index in [1.807, 2.05) is 24.3 Å². The first-order valence-corrected chi connectivity index (χ1v) is 12.0. The van der Waals surface area contributed by atoms with Crippen molar-refractivity contribution in [2.75, 3.05) is 39.8 Å². The van der Waals surface area contributed by atoms with E-state index in [2.05, 4.69) is 21.2 Å². The van der Waals surface area contributed by atoms with Crippen LogP contribution in [0.4, 0.5) is 4.79 Å². The number of carbonyl (C=O) groups excluding carboxylic acids is 1. The monoisotopic (exact) mass is 495 g/mol. The number of hydrogen-bond donors (Lipinski definition) is 1. The Morgan fingerprint density at radius 2 is 1.80 bits per heavy atom. The van der Waals surface area contributed by atoms with Crippen LogP contribution in [0.2, 0.25) is 0 Å². The van der Waals surface area contributed by atoms with Crippen LogP contribution in [0.1, 0.15) is 12.0 Å². The van der Waals surface area contributed by atoms with Crippen molar-refractivity contribution in [2.24, 2.45) is 0 Å². The number of sulfonamides is 1. The number of aryl methyl sites for hydroxylation is 1. The Labute approximate surface area is 186 Å². The number of carbonyl (C=O) groups is 1. The summed E-state index contributed by atoms with van der Waals surface area (Å²) in [5.41, 5.74) is 1.19. The van der Waals surface area contributed by atoms with E-state index in [0.29, 0.717) is 19.6 Å². The van der Waals surface area contributed by atoms with Gasteiger partial charge in [-0.05, 0) is 48.7 Å². The molecule has 0 aliphatic carbocycles. The van der Waals surface area contributed by atoms with Gasteiger partial charge in [-0.3, -0.25) is 0 Å². The summed E-state index contributed by atoms with van der Waals surface area (Å²) in [4.78, 5) is 14.3. The predicted molar refractivity (Wildman–Crippen MR) is 119 cm³/mol. The van der Waals surface area contributed by atoms with Gasteiger partial charge in [-0.25, -0.2) is 13.2 Å². The van der Waals surface area contributed by atoms with Crippen LogP contribution in [0.25, 0.3) is 0 Å². The second-order valence-corrected chi connectivity index (χ2v) is 9.89. The third-order valence-electron chi connectivity index (χ3n) is 5.04. The lowest BCUT2D eigenvalue weighted by atomic mass is 10.1. The third-order valence-corrected chi connectivity index (χ3v) is 7.43. The van der Waals surface area contributed by atoms with E-state index in [1.165, 1.54) is 9.87 Å². The SMILES string of the molecule is COc1ccc(CCCNC(=O)N2CCN(S(=O)(=O)c3cccc(Br)c3)CC2)cc1. The minimum absolute atomic E-state index is 0.149. The van der Waals surface area contributed by atoms with E-state index in [-0.39, 0.29) is 24.0 Å². The van der Waals surface area contributed by atoms with Crippen molar-refractivity contribution in [3.63, 3.8) is 0 Å². The number of benzene rings is 2. The summed E-state index contributed by atoms with van der Waals surface area (Å²) in [5, 5.41) is 2.93. The van der Waals surface area contributed by atoms with Gasteiger partial charge < -0.3 is 15.0 Å². The minimum Gasteiger partial charge on any atom is -0.497 e. The van der Waals surface area contributed by atoms with E-state index in [1.54, 1.807) is 36.3 Å². The number of hydrogen-bond acceptors (Lipinski definition) is 4. The van der Waals surface area contributed by atoms with Gasteiger partial charge in [0.25, 0.3) is 0 Å². The predicted octanol–water partition coefficient (Wildman–Crippen LogP) is 3.11. The van der Waals surface area contributed by atoms with Gasteiger partial charge in [-0.15, -0.1) is 0 Å². The van der Waals surface area contributed by atoms with Crippen LogP contribution in [0, 0.1) is 0 Å². The lowest BCUT2D eigenvalue weighted by molar-refractivity contribution is 0.172. The Kier molecular flexibility index (Phi) is 7.74. The topological polar surface area (TPSA) is 79.0 Å². The summed E-state index contributed by atoms with van der Waals surface area (Å²) in [5.74, 6) is 0.827. The molecule has 0 aromatic heterocycles. The highest BCUT2D eigenvalue weighted by Crippen LogP contribution is 2.21. The Bertz CT molecular complexity index is 958. The molecule has 0 saturated carbocycles. The van der Waals surface area contributed by atoms with Gasteiger partial charge in [0.1, 0.15) is 5.75 Å². The molecule has 9 heteroatoms. The van der Waals surface area contributed by atoms with Crippen LogP contribution in [-0.4, -0.2) is 63.5 Å². The summed E-state index contributed by atoms with van der Waals surface area (Å²) in [6, 6.07) is 14.4. The molecular weight excluding hydrogens is 470 g/mol. The first kappa shape index (κ1) is 22.6. The van der Waals surface area contributed by atoms with Crippen molar-refractivity contribution in [1.82, 2.24) is 14.5 Å². The lowest BCUT2D eigenvalue weighted by Gasteiger charge is -2.34. The molecule has 1 saturated heterocycles. The maximum Gasteiger partial charge on any atom is 0.317 e. The maximum absolute atomic E-state index is 12.8. The summed E-state index contributed by atoms with van der Waals surface area (Å²) in [6.45, 7) is 1.89. The largest absolute Gasteiger partial charge is 0.497 e. The number of amides is 2. The molecule has 1 N–H and O–H groups in total. The average molecular weight is 496 g/mol. The fourth-order valence-corrected chi connectivity index (χ4v) is 5.32. The van der Waals surface area contributed by atoms with Gasteiger partial charge in [-0.2, -0.15) is 4.31 Å². The molecule has 0 spiro atoms. The van der Waals surface area contributed by atoms with Gasteiger partial charge in [0.15, 0.2) is 0 Å². The second kappa shape index (κ2) is 10.3. The van der Waals surface area contributed by atoms with Gasteiger partial charge >= 0.3 is 6.03 Å². The average Bonchev–Trinajstić information content (AvgIpc) is 2.77. The summed E-state index contributed by atoms with van der Waals surface area (Å²) in [7, 11) is -1.91. The van der Waals surface area contributed by atoms with Crippen molar-refractivity contribution in [3.8, 4) is 5.75 Å². The summed E-state index contributed by atoms with van der Waals surface area (Å²) < 4.78 is 32.9. The first-order chi connectivity index (χ1) is 14.4. The van der Waals surface area contributed by atoms with Crippen LogP contribution < -0.4 is 10.1 Å². The van der Waals surface area contributed by atoms with Gasteiger partial charge in [0.05, 0.1) is 12.0 Å². The summed E-state index contributed by atoms with van der Waals surface area (Å²) >= 11 is 3.31. The number of rotatable bonds is 7. The molecule has 30 heavy (non-hydrogen) atoms. The highest BCUT2D eigenvalue weighted by Gasteiger charge is 2.30. The Morgan fingerprint density at radius 1 is 1.10 bits per heavy atom. The quantitative estimate of drug-likeness (QED) is 0.598. The smallest absolute Gasteiger partial charge is 0.317 e. The molecule has 2 amide bonds. The molecule has 162 valence electrons. The highest BCUT2D eigenvalue weighted by atomic mass is 79.9. The standard InChI is InChI=1S/C21H26BrN3O4S/c1-29-19-9-7-17(8-10-19)4-3-11-23-21(26)24-12-14-25(15-13-24)30(27,28)20-6-2-5-18(22)16-20/h2,5-10,16H,3-4,11-15H2,1H3,(H,23,26). The van der Waals surface area contributed by atoms with E-state index in [9.17, 15) is 13.2 Å². The van der Waals surface area contributed by atoms with E-state index >= 15 is 0 Å². The van der Waals surface area contributed by atoms with E-state index in [4.69, 9.17) is 4.74 Å². The minimum atomic E-state index is -3.55. The zero-order valence-electron chi connectivity index (χ0n) is 16.9. The molecule has 0 unspecified atom stereocenters. The van der Waals surface area contributed by atoms with Crippen molar-refractivity contribution < 1.29 is 17.9 Å². The molecule has 1 aliphatic heterocycles. The van der Waals surface area contributed by atoms with Crippen LogP contribution in [0.15, 0.2) is 57.9 Å². The van der Waals surface area contributed by atoms with Crippen LogP contribution >= 0.6 is 15.9 Å². The molecule has 1 heterocycles. The molecule has 1 aliphatic rings. The fourth-order valence-electron chi connectivity index (χ4n) is 3.30. The molecule has 0 atom stereocenters. The van der Waals surface area contributed by atoms with Crippen molar-refractivity contribution >= 4 is 32.0 Å². The van der Waals surface area contributed by atoms with Crippen LogP contribution in [0.5, 0.6) is 5.75 Å². The van der Waals surface area contributed by atoms with E-state index < -0.39 is 10.0 Å². The molecular formula is C21H26BrN3O4S. The van der Waals surface area contributed by atoms with Crippen molar-refractivity contribution in [3.05, 3.63) is 58.6 Å². The number of nitrogens with zero attached hydrogens (tertiary/aromatic N) is 2. The van der Waals surface area contributed by atoms with Gasteiger partial charge in [0.2, 0.25) is 10.0 Å². The normalized spacial score (nSPS) is 15.1. The first-order valence-electron chi connectivity index (χ1n) is 9.81. The Balaban J connectivity index is 1.42. The zero-order valence-corrected chi connectivity index (χ0v) is 19.3. The van der Waals surface area contributed by atoms with Crippen LogP contribution in [-0.2, 0) is 16.4 Å². The highest BCUT2D eigenvalue weighted by molar-refractivity contribution is 9.10. The second-order valence-electron chi connectivity index (χ2n) is 7.03. The number of piperazine rings is 1. The molecule has 2 aromatic rings. The number of halogens is 1. The molecule has 7 nitrogen and oxygen atoms in total. The lowest BCUT2D eigenvalue weighted by Crippen LogP contribution is -2.53. The van der Waals surface area contributed by atoms with Crippen molar-refractivity contribution in [1.29, 1.82) is 0 Å². The van der Waals surface area contributed by atoms with E-state index in [0.717, 1.165) is 23.1 Å². The number of methoxy groups -OCH3 is 1. The Morgan fingerprint density at radius 3 is 2.43 bits per heavy atom. The number of ether oxygens (including phenoxy) is 1. The van der Waals surface area contributed by atoms with Crippen LogP contribution in [0.3, 0.4) is 0 Å². The Hall–Kier alpha value is -2.10. The number of nitrogens with one attached hydrogen (secondary N) is 1. The molecule has 1 fully saturated rings. The number of urea groups is 1. The van der Waals surface area contributed by atoms with Gasteiger partial charge in [0, 0.05) is 37.2 Å².